The first-order chi connectivity index (χ1) is 23.5. The molecule has 258 valence electrons. The number of methoxy groups -OCH3 is 1. The molecular weight excluding hydrogens is 811 g/mol. The number of allylic oxidation sites excluding steroid dienone is 2. The maximum absolute atomic E-state index is 9.73. The summed E-state index contributed by atoms with van der Waals surface area (Å²) in [6.07, 6.45) is 16.3. The van der Waals surface area contributed by atoms with Gasteiger partial charge in [-0.15, -0.1) is 47.3 Å². The molecule has 0 spiro atoms. The second kappa shape index (κ2) is 19.5. The van der Waals surface area contributed by atoms with E-state index >= 15 is 0 Å². The predicted octanol–water partition coefficient (Wildman–Crippen LogP) is 7.83. The lowest BCUT2D eigenvalue weighted by Crippen LogP contribution is -2.14. The normalized spacial score (nSPS) is 13.1. The number of hydrogen-bond donors (Lipinski definition) is 1. The highest BCUT2D eigenvalue weighted by Gasteiger charge is 2.23. The number of halogens is 3. The largest absolute Gasteiger partial charge is 0.508 e. The lowest BCUT2D eigenvalue weighted by Gasteiger charge is -2.12. The molecule has 6 rings (SSSR count). The van der Waals surface area contributed by atoms with Crippen molar-refractivity contribution in [2.75, 3.05) is 48.4 Å². The third-order valence-corrected chi connectivity index (χ3v) is 8.38. The molecule has 1 N–H and O–H groups in total. The summed E-state index contributed by atoms with van der Waals surface area (Å²) in [6, 6.07) is 12.1. The maximum atomic E-state index is 9.73. The lowest BCUT2D eigenvalue weighted by molar-refractivity contribution is 0.411. The van der Waals surface area contributed by atoms with Crippen LogP contribution in [0.2, 0.25) is 0 Å². The van der Waals surface area contributed by atoms with Gasteiger partial charge in [-0.2, -0.15) is 0 Å². The summed E-state index contributed by atoms with van der Waals surface area (Å²) in [5.41, 5.74) is 12.9. The maximum Gasteiger partial charge on any atom is 0.369 e. The van der Waals surface area contributed by atoms with Gasteiger partial charge in [-0.05, 0) is 112 Å². The molecule has 2 heterocycles. The van der Waals surface area contributed by atoms with Crippen molar-refractivity contribution in [1.29, 1.82) is 0 Å². The van der Waals surface area contributed by atoms with E-state index in [1.807, 2.05) is 30.6 Å². The average molecular weight is 855 g/mol. The van der Waals surface area contributed by atoms with Crippen molar-refractivity contribution in [3.63, 3.8) is 0 Å². The van der Waals surface area contributed by atoms with E-state index in [9.17, 15) is 5.11 Å². The number of ether oxygens (including phenoxy) is 1. The molecule has 2 aromatic carbocycles. The summed E-state index contributed by atoms with van der Waals surface area (Å²) in [6.45, 7) is 2.09. The molecule has 0 amide bonds. The Morgan fingerprint density at radius 2 is 1.18 bits per heavy atom. The number of phenols is 1. The molecule has 0 saturated carbocycles. The molecule has 0 bridgehead atoms. The second-order valence-corrected chi connectivity index (χ2v) is 18.9. The van der Waals surface area contributed by atoms with Crippen LogP contribution < -0.4 is 4.74 Å². The highest BCUT2D eigenvalue weighted by molar-refractivity contribution is 9.69. The zero-order valence-electron chi connectivity index (χ0n) is 28.8. The van der Waals surface area contributed by atoms with Crippen molar-refractivity contribution < 1.29 is 9.84 Å². The minimum atomic E-state index is 0.271. The summed E-state index contributed by atoms with van der Waals surface area (Å²) in [5.74, 6) is 1.27. The van der Waals surface area contributed by atoms with Crippen LogP contribution in [0.5, 0.6) is 11.5 Å². The van der Waals surface area contributed by atoms with Crippen molar-refractivity contribution in [1.82, 2.24) is 29.7 Å². The summed E-state index contributed by atoms with van der Waals surface area (Å²) < 4.78 is 5.65. The van der Waals surface area contributed by atoms with Gasteiger partial charge in [0, 0.05) is 63.1 Å². The van der Waals surface area contributed by atoms with E-state index < -0.39 is 0 Å². The van der Waals surface area contributed by atoms with Gasteiger partial charge in [0.15, 0.2) is 0 Å². The van der Waals surface area contributed by atoms with Gasteiger partial charge in [0.05, 0.1) is 18.5 Å². The second-order valence-electron chi connectivity index (χ2n) is 12.5. The van der Waals surface area contributed by atoms with Crippen molar-refractivity contribution in [3.8, 4) is 11.5 Å². The van der Waals surface area contributed by atoms with Crippen molar-refractivity contribution in [2.24, 2.45) is 0 Å². The highest BCUT2D eigenvalue weighted by atomic mass is 79.9. The molecule has 49 heavy (non-hydrogen) atoms. The van der Waals surface area contributed by atoms with Crippen LogP contribution in [-0.4, -0.2) is 86.4 Å². The van der Waals surface area contributed by atoms with Crippen LogP contribution >= 0.6 is 47.3 Å². The Morgan fingerprint density at radius 1 is 0.714 bits per heavy atom. The number of aromatic hydroxyl groups is 1. The number of phenolic OH excluding ortho intramolecular Hbond substituents is 1. The van der Waals surface area contributed by atoms with Gasteiger partial charge < -0.3 is 19.6 Å². The van der Waals surface area contributed by atoms with E-state index in [0.717, 1.165) is 68.8 Å². The Labute approximate surface area is 316 Å². The first kappa shape index (κ1) is 38.9. The molecule has 0 fully saturated rings. The van der Waals surface area contributed by atoms with Crippen LogP contribution in [0.1, 0.15) is 46.5 Å². The van der Waals surface area contributed by atoms with Crippen LogP contribution in [-0.2, 0) is 25.7 Å². The smallest absolute Gasteiger partial charge is 0.369 e. The molecule has 0 unspecified atom stereocenters. The van der Waals surface area contributed by atoms with Crippen molar-refractivity contribution in [3.05, 3.63) is 118 Å². The summed E-state index contributed by atoms with van der Waals surface area (Å²) in [5, 5.41) is 9.73. The first-order valence-electron chi connectivity index (χ1n) is 16.2. The van der Waals surface area contributed by atoms with Gasteiger partial charge in [-0.3, -0.25) is 19.9 Å². The quantitative estimate of drug-likeness (QED) is 0.153. The first-order valence-corrected chi connectivity index (χ1v) is 18.9. The summed E-state index contributed by atoms with van der Waals surface area (Å²) in [4.78, 5) is 21.6. The number of hydrogen-bond acceptors (Lipinski definition) is 8. The fourth-order valence-corrected chi connectivity index (χ4v) is 6.05. The fourth-order valence-electron chi connectivity index (χ4n) is 6.05. The number of fused-ring (bicyclic) bond motifs is 2. The van der Waals surface area contributed by atoms with Gasteiger partial charge >= 0.3 is 3.18 Å². The molecule has 12 heteroatoms. The zero-order chi connectivity index (χ0) is 35.3. The van der Waals surface area contributed by atoms with E-state index in [0.29, 0.717) is 5.75 Å². The van der Waals surface area contributed by atoms with Gasteiger partial charge in [-0.1, -0.05) is 23.3 Å². The topological polar surface area (TPSA) is 87.5 Å². The monoisotopic (exact) mass is 852 g/mol. The number of nitrogens with zero attached hydrogens (tertiary/aromatic N) is 6. The van der Waals surface area contributed by atoms with E-state index in [1.165, 1.54) is 44.5 Å². The standard InChI is InChI=1S/C19H23N3O.C18H21N3O.BBr3/c1-22(2)9-6-14-10-15-11-17(23-3)4-5-18(15)19(14)12-16-13-20-7-8-21-16;1-21(2)8-5-13-9-14-10-16(22)3-4-17(14)18(13)11-15-12-19-6-7-20-15;2-1(3)4/h4-5,7-8,11,13H,6,9-10,12H2,1-3H3;3-4,6-7,10,12,22H,5,8-9,11H2,1-2H3;. The zero-order valence-corrected chi connectivity index (χ0v) is 33.6. The van der Waals surface area contributed by atoms with E-state index in [1.54, 1.807) is 38.0 Å². The molecule has 0 radical (unpaired) electrons. The van der Waals surface area contributed by atoms with Crippen LogP contribution in [0.15, 0.2) is 84.7 Å². The fraction of sp³-hybridized carbons (Fsp3) is 0.351. The molecule has 0 atom stereocenters. The lowest BCUT2D eigenvalue weighted by atomic mass is 9.99. The molecule has 0 aliphatic heterocycles. The third kappa shape index (κ3) is 12.1. The van der Waals surface area contributed by atoms with Crippen LogP contribution in [0.3, 0.4) is 0 Å². The van der Waals surface area contributed by atoms with E-state index in [-0.39, 0.29) is 3.18 Å². The van der Waals surface area contributed by atoms with Crippen LogP contribution in [0.4, 0.5) is 0 Å². The van der Waals surface area contributed by atoms with E-state index in [4.69, 9.17) is 4.74 Å². The minimum Gasteiger partial charge on any atom is -0.508 e. The molecular formula is C37H44BBr3N6O2. The van der Waals surface area contributed by atoms with Gasteiger partial charge in [0.2, 0.25) is 0 Å². The van der Waals surface area contributed by atoms with Crippen LogP contribution in [0.25, 0.3) is 11.1 Å². The number of aromatic nitrogens is 4. The van der Waals surface area contributed by atoms with Crippen molar-refractivity contribution in [2.45, 2.75) is 38.5 Å². The molecule has 4 aromatic rings. The number of benzene rings is 2. The third-order valence-electron chi connectivity index (χ3n) is 8.38. The molecule has 0 saturated heterocycles. The van der Waals surface area contributed by atoms with Gasteiger partial charge in [-0.25, -0.2) is 0 Å². The summed E-state index contributed by atoms with van der Waals surface area (Å²) >= 11 is 9.31. The molecule has 8 nitrogen and oxygen atoms in total. The Kier molecular flexibility index (Phi) is 15.5. The van der Waals surface area contributed by atoms with Gasteiger partial charge in [0.1, 0.15) is 11.5 Å². The Hall–Kier alpha value is -2.90. The van der Waals surface area contributed by atoms with Gasteiger partial charge in [0.25, 0.3) is 0 Å². The van der Waals surface area contributed by atoms with Crippen molar-refractivity contribution >= 4 is 61.6 Å². The average Bonchev–Trinajstić information content (AvgIpc) is 3.59. The minimum absolute atomic E-state index is 0.271. The van der Waals surface area contributed by atoms with Crippen LogP contribution in [0, 0.1) is 0 Å². The number of rotatable bonds is 11. The van der Waals surface area contributed by atoms with E-state index in [2.05, 4.69) is 117 Å². The SMILES string of the molecule is BrB(Br)Br.CN(C)CCC1=C(Cc2cnccn2)c2ccc(O)cc2C1.COc1ccc2c(c1)CC(CCN(C)C)=C2Cc1cnccn1. The molecule has 2 aliphatic carbocycles. The highest BCUT2D eigenvalue weighted by Crippen LogP contribution is 2.39. The Bertz CT molecular complexity index is 1720. The predicted molar refractivity (Wildman–Crippen MR) is 213 cm³/mol. The summed E-state index contributed by atoms with van der Waals surface area (Å²) in [7, 11) is 10.1. The Balaban J connectivity index is 0.000000199. The Morgan fingerprint density at radius 3 is 1.61 bits per heavy atom. The molecule has 2 aliphatic rings. The molecule has 2 aromatic heterocycles.